The van der Waals surface area contributed by atoms with Crippen LogP contribution in [-0.2, 0) is 21.3 Å². The minimum atomic E-state index is -0.878. The number of hydrogen-bond donors (Lipinski definition) is 2. The Balaban J connectivity index is 1.55. The molecule has 4 aromatic rings. The van der Waals surface area contributed by atoms with E-state index in [4.69, 9.17) is 20.2 Å². The van der Waals surface area contributed by atoms with Gasteiger partial charge in [-0.3, -0.25) is 14.5 Å². The Hall–Kier alpha value is -5.33. The first-order valence-electron chi connectivity index (χ1n) is 14.5. The van der Waals surface area contributed by atoms with E-state index in [2.05, 4.69) is 15.3 Å². The molecule has 0 aliphatic carbocycles. The summed E-state index contributed by atoms with van der Waals surface area (Å²) in [6.45, 7) is 4.14. The van der Waals surface area contributed by atoms with Gasteiger partial charge in [0.05, 0.1) is 42.8 Å². The summed E-state index contributed by atoms with van der Waals surface area (Å²) in [6, 6.07) is 14.3. The van der Waals surface area contributed by atoms with Gasteiger partial charge in [-0.15, -0.1) is 0 Å². The summed E-state index contributed by atoms with van der Waals surface area (Å²) in [6.07, 6.45) is 2.23. The number of aryl methyl sites for hydroxylation is 1. The molecule has 2 aromatic carbocycles. The smallest absolute Gasteiger partial charge is 0.435 e. The largest absolute Gasteiger partial charge is 0.469 e. The minimum Gasteiger partial charge on any atom is -0.469 e. The highest BCUT2D eigenvalue weighted by Gasteiger charge is 2.22. The number of aliphatic imine (C=N–C) groups is 1. The second-order valence-electron chi connectivity index (χ2n) is 10.2. The number of hydrogen-bond acceptors (Lipinski definition) is 8. The van der Waals surface area contributed by atoms with Gasteiger partial charge in [-0.25, -0.2) is 19.2 Å². The average Bonchev–Trinajstić information content (AvgIpc) is 3.37. The van der Waals surface area contributed by atoms with Gasteiger partial charge < -0.3 is 25.1 Å². The highest BCUT2D eigenvalue weighted by molar-refractivity contribution is 6.07. The molecule has 0 aliphatic rings. The van der Waals surface area contributed by atoms with Crippen LogP contribution in [0.4, 0.5) is 20.7 Å². The molecular formula is C32H36FN7O5. The zero-order valence-corrected chi connectivity index (χ0v) is 25.6. The van der Waals surface area contributed by atoms with Crippen LogP contribution in [0.25, 0.3) is 11.0 Å². The number of halogens is 1. The van der Waals surface area contributed by atoms with E-state index in [0.717, 1.165) is 11.9 Å². The van der Waals surface area contributed by atoms with Crippen molar-refractivity contribution >= 4 is 46.3 Å². The third-order valence-electron chi connectivity index (χ3n) is 7.05. The zero-order chi connectivity index (χ0) is 32.5. The number of benzene rings is 2. The van der Waals surface area contributed by atoms with Crippen molar-refractivity contribution in [3.8, 4) is 0 Å². The molecule has 2 amide bonds. The molecule has 0 spiro atoms. The number of imidazole rings is 1. The number of nitrogens with one attached hydrogen (secondary N) is 1. The predicted molar refractivity (Wildman–Crippen MR) is 169 cm³/mol. The fraction of sp³-hybridized carbons (Fsp3) is 0.312. The van der Waals surface area contributed by atoms with E-state index >= 15 is 0 Å². The van der Waals surface area contributed by atoms with E-state index < -0.39 is 17.9 Å². The number of aromatic nitrogens is 3. The molecule has 0 radical (unpaired) electrons. The van der Waals surface area contributed by atoms with Crippen molar-refractivity contribution in [2.75, 3.05) is 30.5 Å². The van der Waals surface area contributed by atoms with Gasteiger partial charge in [0.25, 0.3) is 5.91 Å². The Kier molecular flexibility index (Phi) is 10.8. The van der Waals surface area contributed by atoms with E-state index in [1.807, 2.05) is 25.5 Å². The maximum Gasteiger partial charge on any atom is 0.435 e. The second kappa shape index (κ2) is 14.9. The summed E-state index contributed by atoms with van der Waals surface area (Å²) in [5, 5.41) is 3.28. The highest BCUT2D eigenvalue weighted by atomic mass is 19.1. The van der Waals surface area contributed by atoms with Crippen molar-refractivity contribution < 1.29 is 28.2 Å². The number of unbranched alkanes of at least 4 members (excludes halogenated alkanes) is 1. The lowest BCUT2D eigenvalue weighted by Gasteiger charge is -2.21. The number of carbonyl (C=O) groups is 3. The molecule has 2 aromatic heterocycles. The molecule has 0 fully saturated rings. The number of amidine groups is 1. The highest BCUT2D eigenvalue weighted by Crippen LogP contribution is 2.26. The monoisotopic (exact) mass is 617 g/mol. The topological polar surface area (TPSA) is 154 Å². The van der Waals surface area contributed by atoms with E-state index in [-0.39, 0.29) is 42.9 Å². The molecule has 0 bridgehead atoms. The summed E-state index contributed by atoms with van der Waals surface area (Å²) >= 11 is 0. The van der Waals surface area contributed by atoms with Crippen LogP contribution in [0, 0.1) is 5.82 Å². The van der Waals surface area contributed by atoms with E-state index in [0.29, 0.717) is 34.8 Å². The molecule has 13 heteroatoms. The number of carbonyl (C=O) groups excluding carboxylic acids is 3. The first kappa shape index (κ1) is 32.6. The van der Waals surface area contributed by atoms with Gasteiger partial charge in [-0.1, -0.05) is 19.4 Å². The zero-order valence-electron chi connectivity index (χ0n) is 25.6. The lowest BCUT2D eigenvalue weighted by molar-refractivity contribution is -0.140. The molecule has 1 atom stereocenters. The third kappa shape index (κ3) is 7.99. The maximum atomic E-state index is 14.6. The molecule has 236 valence electrons. The Morgan fingerprint density at radius 1 is 1.16 bits per heavy atom. The number of ether oxygens (including phenoxy) is 2. The number of methoxy groups -OCH3 is 1. The van der Waals surface area contributed by atoms with Gasteiger partial charge in [0.1, 0.15) is 23.3 Å². The third-order valence-corrected chi connectivity index (χ3v) is 7.05. The Labute approximate surface area is 260 Å². The SMILES string of the molecule is CCCCOC(=O)/N=C(\N)c1cc(NC(C)c2nc3cc(C(=O)N(CCC(=O)OC)c4ccccn4)ccc3n2C)ccc1F. The summed E-state index contributed by atoms with van der Waals surface area (Å²) in [4.78, 5) is 51.5. The van der Waals surface area contributed by atoms with Gasteiger partial charge in [0.2, 0.25) is 0 Å². The summed E-state index contributed by atoms with van der Waals surface area (Å²) < 4.78 is 26.2. The first-order chi connectivity index (χ1) is 21.6. The normalized spacial score (nSPS) is 12.1. The number of nitrogens with two attached hydrogens (primary N) is 1. The Morgan fingerprint density at radius 2 is 1.96 bits per heavy atom. The van der Waals surface area contributed by atoms with Crippen LogP contribution < -0.4 is 16.0 Å². The molecule has 1 unspecified atom stereocenters. The molecule has 2 heterocycles. The van der Waals surface area contributed by atoms with Gasteiger partial charge in [0, 0.05) is 31.0 Å². The van der Waals surface area contributed by atoms with Gasteiger partial charge in [-0.05, 0) is 61.9 Å². The molecule has 0 saturated heterocycles. The first-order valence-corrected chi connectivity index (χ1v) is 14.5. The molecule has 12 nitrogen and oxygen atoms in total. The van der Waals surface area contributed by atoms with Gasteiger partial charge in [0.15, 0.2) is 0 Å². The Morgan fingerprint density at radius 3 is 2.67 bits per heavy atom. The molecule has 0 saturated carbocycles. The van der Waals surface area contributed by atoms with Crippen molar-refractivity contribution in [2.24, 2.45) is 17.8 Å². The van der Waals surface area contributed by atoms with Gasteiger partial charge in [-0.2, -0.15) is 4.99 Å². The molecule has 45 heavy (non-hydrogen) atoms. The van der Waals surface area contributed by atoms with E-state index in [1.165, 1.54) is 24.1 Å². The van der Waals surface area contributed by atoms with Crippen LogP contribution in [0.15, 0.2) is 65.8 Å². The molecule has 3 N–H and O–H groups in total. The van der Waals surface area contributed by atoms with Crippen molar-refractivity contribution in [2.45, 2.75) is 39.2 Å². The molecule has 0 aliphatic heterocycles. The number of rotatable bonds is 12. The van der Waals surface area contributed by atoms with Crippen molar-refractivity contribution in [3.05, 3.63) is 83.6 Å². The minimum absolute atomic E-state index is 0.00360. The van der Waals surface area contributed by atoms with Crippen LogP contribution >= 0.6 is 0 Å². The van der Waals surface area contributed by atoms with Crippen LogP contribution in [0.1, 0.15) is 60.9 Å². The lowest BCUT2D eigenvalue weighted by atomic mass is 10.1. The summed E-state index contributed by atoms with van der Waals surface area (Å²) in [7, 11) is 3.15. The van der Waals surface area contributed by atoms with Crippen LogP contribution in [0.3, 0.4) is 0 Å². The number of anilines is 2. The predicted octanol–water partition coefficient (Wildman–Crippen LogP) is 5.13. The van der Waals surface area contributed by atoms with Gasteiger partial charge >= 0.3 is 12.1 Å². The number of nitrogens with zero attached hydrogens (tertiary/aromatic N) is 5. The summed E-state index contributed by atoms with van der Waals surface area (Å²) in [5.41, 5.74) is 8.15. The Bertz CT molecular complexity index is 1710. The fourth-order valence-corrected chi connectivity index (χ4v) is 4.65. The van der Waals surface area contributed by atoms with E-state index in [1.54, 1.807) is 48.7 Å². The fourth-order valence-electron chi connectivity index (χ4n) is 4.65. The van der Waals surface area contributed by atoms with Crippen LogP contribution in [0.2, 0.25) is 0 Å². The maximum absolute atomic E-state index is 14.6. The number of esters is 1. The lowest BCUT2D eigenvalue weighted by Crippen LogP contribution is -2.33. The van der Waals surface area contributed by atoms with Crippen LogP contribution in [0.5, 0.6) is 0 Å². The van der Waals surface area contributed by atoms with E-state index in [9.17, 15) is 18.8 Å². The standard InChI is InChI=1S/C32H36FN7O5/c1-5-6-17-45-32(43)38-29(34)23-19-22(11-12-24(23)33)36-20(2)30-37-25-18-21(10-13-26(25)39(30)3)31(42)40(16-14-28(41)44-4)27-9-7-8-15-35-27/h7-13,15,18-20,36H,5-6,14,16-17H2,1-4H3,(H2,34,38,43). The summed E-state index contributed by atoms with van der Waals surface area (Å²) in [5.74, 6) is -0.662. The van der Waals surface area contributed by atoms with Crippen molar-refractivity contribution in [1.29, 1.82) is 0 Å². The second-order valence-corrected chi connectivity index (χ2v) is 10.2. The molecule has 4 rings (SSSR count). The van der Waals surface area contributed by atoms with Crippen molar-refractivity contribution in [1.82, 2.24) is 14.5 Å². The average molecular weight is 618 g/mol. The molecular weight excluding hydrogens is 581 g/mol. The van der Waals surface area contributed by atoms with Crippen molar-refractivity contribution in [3.63, 3.8) is 0 Å². The quantitative estimate of drug-likeness (QED) is 0.0953. The number of fused-ring (bicyclic) bond motifs is 1. The van der Waals surface area contributed by atoms with Crippen LogP contribution in [-0.4, -0.2) is 58.6 Å². The number of pyridine rings is 1. The number of amides is 2.